The third-order valence-electron chi connectivity index (χ3n) is 14.4. The van der Waals surface area contributed by atoms with Gasteiger partial charge in [0.25, 0.3) is 11.8 Å². The number of esters is 2. The number of carbonyl (C=O) groups is 6. The van der Waals surface area contributed by atoms with Crippen LogP contribution in [0, 0.1) is 0 Å². The number of nitrogens with zero attached hydrogens (tertiary/aromatic N) is 2. The van der Waals surface area contributed by atoms with Gasteiger partial charge in [-0.3, -0.25) is 28.8 Å². The summed E-state index contributed by atoms with van der Waals surface area (Å²) in [4.78, 5) is 80.7. The van der Waals surface area contributed by atoms with Crippen molar-refractivity contribution in [2.24, 2.45) is 0 Å². The molecule has 90 heavy (non-hydrogen) atoms. The number of amides is 2. The van der Waals surface area contributed by atoms with Crippen molar-refractivity contribution in [1.29, 1.82) is 0 Å². The van der Waals surface area contributed by atoms with Crippen LogP contribution in [-0.2, 0) is 89.1 Å². The molecule has 0 spiro atoms. The minimum Gasteiger partial charge on any atom is -0.497 e. The van der Waals surface area contributed by atoms with Crippen LogP contribution in [0.3, 0.4) is 0 Å². The van der Waals surface area contributed by atoms with Gasteiger partial charge in [-0.1, -0.05) is 88.7 Å². The molecule has 0 aliphatic carbocycles. The van der Waals surface area contributed by atoms with Crippen LogP contribution in [0.2, 0.25) is 0 Å². The number of benzene rings is 6. The highest BCUT2D eigenvalue weighted by Gasteiger charge is 2.51. The zero-order valence-corrected chi connectivity index (χ0v) is 54.0. The van der Waals surface area contributed by atoms with E-state index in [0.29, 0.717) is 11.1 Å². The predicted molar refractivity (Wildman–Crippen MR) is 331 cm³/mol. The smallest absolute Gasteiger partial charge is 0.494 e. The Bertz CT molecular complexity index is 3490. The molecule has 1 fully saturated rings. The van der Waals surface area contributed by atoms with Crippen LogP contribution in [0.15, 0.2) is 138 Å². The van der Waals surface area contributed by atoms with E-state index in [9.17, 15) is 55.1 Å². The van der Waals surface area contributed by atoms with Gasteiger partial charge in [0.1, 0.15) is 47.4 Å². The molecule has 6 aromatic carbocycles. The minimum atomic E-state index is -4.65. The molecule has 2 amide bonds. The van der Waals surface area contributed by atoms with Crippen LogP contribution in [0.4, 0.5) is 26.3 Å². The standard InChI is InChI=1S/C37H43BF3NO7.C31H31BrF3NO5/c1-34(2,3)47-32(44)23-42(22-25-11-16-28(17-12-25)38-48-35(4,5)36(6,7)49-38)33(45)26-13-9-24(10-14-26)19-29(43)20-27-15-18-30(46-8)21-31(27)37(39,40)41;1-30(2,3)41-28(38)19-36(18-21-7-12-24(32)13-8-21)29(39)22-9-5-20(6-10-22)15-25(37)16-23-11-14-26(40-4)17-27(23)31(33,34)35/h9-18,21H,19-20,22-23H2,1-8H3;5-14,17H,15-16,18-19H2,1-4H3. The average molecular weight is 1320 g/mol. The molecule has 0 atom stereocenters. The molecule has 0 saturated carbocycles. The number of alkyl halides is 6. The first-order valence-electron chi connectivity index (χ1n) is 28.7. The van der Waals surface area contributed by atoms with Gasteiger partial charge in [-0.2, -0.15) is 26.3 Å². The lowest BCUT2D eigenvalue weighted by Crippen LogP contribution is -2.41. The van der Waals surface area contributed by atoms with E-state index in [1.807, 2.05) is 76.2 Å². The van der Waals surface area contributed by atoms with Crippen molar-refractivity contribution >= 4 is 63.8 Å². The van der Waals surface area contributed by atoms with E-state index in [4.69, 9.17) is 28.3 Å². The summed E-state index contributed by atoms with van der Waals surface area (Å²) in [5.41, 5.74) is -0.573. The van der Waals surface area contributed by atoms with Gasteiger partial charge in [-0.25, -0.2) is 0 Å². The number of halogens is 7. The highest BCUT2D eigenvalue weighted by atomic mass is 79.9. The number of Topliss-reactive ketones (excluding diaryl/α,β-unsaturated/α-hetero) is 2. The van der Waals surface area contributed by atoms with Crippen LogP contribution in [0.5, 0.6) is 11.5 Å². The number of hydrogen-bond donors (Lipinski definition) is 0. The summed E-state index contributed by atoms with van der Waals surface area (Å²) in [6.07, 6.45) is -10.3. The average Bonchev–Trinajstić information content (AvgIpc) is 1.61. The molecule has 0 unspecified atom stereocenters. The molecule has 14 nitrogen and oxygen atoms in total. The number of carbonyl (C=O) groups excluding carboxylic acids is 6. The van der Waals surface area contributed by atoms with Gasteiger partial charge in [0.05, 0.1) is 36.5 Å². The normalized spacial score (nSPS) is 13.7. The first-order valence-corrected chi connectivity index (χ1v) is 29.5. The number of hydrogen-bond acceptors (Lipinski definition) is 12. The van der Waals surface area contributed by atoms with Crippen LogP contribution in [-0.4, -0.2) is 102 Å². The van der Waals surface area contributed by atoms with Gasteiger partial charge in [0, 0.05) is 54.4 Å². The quantitative estimate of drug-likeness (QED) is 0.0381. The maximum Gasteiger partial charge on any atom is 0.494 e. The Morgan fingerprint density at radius 1 is 0.478 bits per heavy atom. The lowest BCUT2D eigenvalue weighted by molar-refractivity contribution is -0.156. The number of ketones is 2. The lowest BCUT2D eigenvalue weighted by atomic mass is 9.79. The van der Waals surface area contributed by atoms with Crippen molar-refractivity contribution in [2.75, 3.05) is 27.3 Å². The molecular weight excluding hydrogens is 1240 g/mol. The third kappa shape index (κ3) is 20.9. The molecule has 0 aromatic heterocycles. The van der Waals surface area contributed by atoms with E-state index in [1.54, 1.807) is 65.8 Å². The monoisotopic (exact) mass is 1310 g/mol. The van der Waals surface area contributed by atoms with Gasteiger partial charge in [-0.05, 0) is 169 Å². The summed E-state index contributed by atoms with van der Waals surface area (Å²) in [6, 6.07) is 34.2. The van der Waals surface area contributed by atoms with Crippen molar-refractivity contribution in [3.05, 3.63) is 194 Å². The summed E-state index contributed by atoms with van der Waals surface area (Å²) < 4.78 is 115. The second kappa shape index (κ2) is 29.4. The van der Waals surface area contributed by atoms with Gasteiger partial charge < -0.3 is 38.1 Å². The maximum absolute atomic E-state index is 13.7. The van der Waals surface area contributed by atoms with E-state index >= 15 is 0 Å². The molecule has 0 radical (unpaired) electrons. The van der Waals surface area contributed by atoms with E-state index in [2.05, 4.69) is 15.9 Å². The Balaban J connectivity index is 0.000000291. The van der Waals surface area contributed by atoms with Crippen LogP contribution < -0.4 is 14.9 Å². The van der Waals surface area contributed by atoms with Gasteiger partial charge in [0.2, 0.25) is 0 Å². The summed E-state index contributed by atoms with van der Waals surface area (Å²) in [5.74, 6) is -2.73. The third-order valence-corrected chi connectivity index (χ3v) is 15.0. The molecule has 6 aromatic rings. The van der Waals surface area contributed by atoms with Crippen molar-refractivity contribution in [3.8, 4) is 11.5 Å². The number of methoxy groups -OCH3 is 2. The fraction of sp³-hybridized carbons (Fsp3) is 0.382. The molecule has 1 heterocycles. The van der Waals surface area contributed by atoms with Gasteiger partial charge in [-0.15, -0.1) is 0 Å². The van der Waals surface area contributed by atoms with Crippen molar-refractivity contribution < 1.29 is 83.4 Å². The minimum absolute atomic E-state index is 0.0445. The SMILES string of the molecule is COc1ccc(CC(=O)Cc2ccc(C(=O)N(CC(=O)OC(C)(C)C)Cc3ccc(B4OC(C)(C)C(C)(C)O4)cc3)cc2)c(C(F)(F)F)c1.COc1ccc(CC(=O)Cc2ccc(C(=O)N(CC(=O)OC(C)(C)C)Cc3ccc(Br)cc3)cc2)c(C(F)(F)F)c1. The Morgan fingerprint density at radius 2 is 0.811 bits per heavy atom. The molecular formula is C68H74BBrF6N2O12. The van der Waals surface area contributed by atoms with Gasteiger partial charge >= 0.3 is 31.4 Å². The highest BCUT2D eigenvalue weighted by molar-refractivity contribution is 9.10. The Morgan fingerprint density at radius 3 is 1.13 bits per heavy atom. The van der Waals surface area contributed by atoms with Crippen LogP contribution in [0.25, 0.3) is 0 Å². The first-order chi connectivity index (χ1) is 41.8. The zero-order chi connectivity index (χ0) is 66.7. The largest absolute Gasteiger partial charge is 0.497 e. The summed E-state index contributed by atoms with van der Waals surface area (Å²) in [6.45, 7) is 18.0. The molecule has 0 N–H and O–H groups in total. The Hall–Kier alpha value is -7.82. The predicted octanol–water partition coefficient (Wildman–Crippen LogP) is 13.2. The van der Waals surface area contributed by atoms with Gasteiger partial charge in [0.15, 0.2) is 0 Å². The van der Waals surface area contributed by atoms with Crippen LogP contribution >= 0.6 is 15.9 Å². The van der Waals surface area contributed by atoms with Crippen molar-refractivity contribution in [1.82, 2.24) is 9.80 Å². The zero-order valence-electron chi connectivity index (χ0n) is 52.4. The van der Waals surface area contributed by atoms with Crippen molar-refractivity contribution in [2.45, 2.75) is 143 Å². The molecule has 1 saturated heterocycles. The second-order valence-corrected chi connectivity index (χ2v) is 25.6. The fourth-order valence-electron chi connectivity index (χ4n) is 9.35. The summed E-state index contributed by atoms with van der Waals surface area (Å²) in [5, 5.41) is 0. The van der Waals surface area contributed by atoms with Crippen molar-refractivity contribution in [3.63, 3.8) is 0 Å². The van der Waals surface area contributed by atoms with E-state index in [-0.39, 0.29) is 72.8 Å². The number of rotatable bonds is 21. The Labute approximate surface area is 529 Å². The first kappa shape index (κ1) is 71.3. The molecule has 0 bridgehead atoms. The lowest BCUT2D eigenvalue weighted by Gasteiger charge is -2.32. The Kier molecular flexibility index (Phi) is 23.3. The topological polar surface area (TPSA) is 164 Å². The molecule has 480 valence electrons. The van der Waals surface area contributed by atoms with E-state index in [1.165, 1.54) is 72.6 Å². The summed E-state index contributed by atoms with van der Waals surface area (Å²) in [7, 11) is 1.99. The molecule has 7 rings (SSSR count). The fourth-order valence-corrected chi connectivity index (χ4v) is 9.61. The second-order valence-electron chi connectivity index (χ2n) is 24.7. The highest BCUT2D eigenvalue weighted by Crippen LogP contribution is 2.38. The van der Waals surface area contributed by atoms with E-state index < -0.39 is 101 Å². The molecule has 1 aliphatic heterocycles. The maximum atomic E-state index is 13.7. The van der Waals surface area contributed by atoms with E-state index in [0.717, 1.165) is 33.2 Å². The number of ether oxygens (including phenoxy) is 4. The molecule has 22 heteroatoms. The van der Waals surface area contributed by atoms with Crippen LogP contribution in [0.1, 0.15) is 134 Å². The summed E-state index contributed by atoms with van der Waals surface area (Å²) >= 11 is 3.38. The molecule has 1 aliphatic rings.